The highest BCUT2D eigenvalue weighted by molar-refractivity contribution is 4.93. The fourth-order valence-electron chi connectivity index (χ4n) is 3.64. The molecule has 1 atom stereocenters. The first-order chi connectivity index (χ1) is 8.77. The third kappa shape index (κ3) is 3.46. The number of rotatable bonds is 2. The summed E-state index contributed by atoms with van der Waals surface area (Å²) in [6.07, 6.45) is 11.0. The largest absolute Gasteiger partial charge is 0.377 e. The standard InChI is InChI=1S/C15H30N2O/c1-14-12-17(10-7-11-18-14)15(13-16)8-5-3-2-4-6-9-15/h14H,2-13,16H2,1H3. The summed E-state index contributed by atoms with van der Waals surface area (Å²) >= 11 is 0. The normalized spacial score (nSPS) is 31.3. The zero-order valence-corrected chi connectivity index (χ0v) is 12.0. The lowest BCUT2D eigenvalue weighted by Gasteiger charge is -2.45. The molecule has 0 bridgehead atoms. The van der Waals surface area contributed by atoms with Crippen LogP contribution in [0.15, 0.2) is 0 Å². The zero-order valence-electron chi connectivity index (χ0n) is 12.0. The van der Waals surface area contributed by atoms with Gasteiger partial charge in [0.25, 0.3) is 0 Å². The van der Waals surface area contributed by atoms with Gasteiger partial charge in [0.2, 0.25) is 0 Å². The van der Waals surface area contributed by atoms with Crippen molar-refractivity contribution in [1.82, 2.24) is 4.90 Å². The van der Waals surface area contributed by atoms with Crippen LogP contribution < -0.4 is 5.73 Å². The number of ether oxygens (including phenoxy) is 1. The molecule has 0 aromatic heterocycles. The van der Waals surface area contributed by atoms with E-state index < -0.39 is 0 Å². The van der Waals surface area contributed by atoms with Crippen LogP contribution >= 0.6 is 0 Å². The molecule has 2 fully saturated rings. The van der Waals surface area contributed by atoms with Crippen molar-refractivity contribution in [3.8, 4) is 0 Å². The van der Waals surface area contributed by atoms with E-state index in [9.17, 15) is 0 Å². The minimum atomic E-state index is 0.266. The lowest BCUT2D eigenvalue weighted by molar-refractivity contribution is 0.0264. The van der Waals surface area contributed by atoms with Gasteiger partial charge in [0.05, 0.1) is 6.10 Å². The van der Waals surface area contributed by atoms with Crippen LogP contribution in [0.3, 0.4) is 0 Å². The van der Waals surface area contributed by atoms with Crippen molar-refractivity contribution in [3.63, 3.8) is 0 Å². The lowest BCUT2D eigenvalue weighted by atomic mass is 9.82. The Labute approximate surface area is 112 Å². The van der Waals surface area contributed by atoms with Gasteiger partial charge in [-0.1, -0.05) is 32.1 Å². The molecule has 0 amide bonds. The Hall–Kier alpha value is -0.120. The van der Waals surface area contributed by atoms with Crippen LogP contribution in [-0.2, 0) is 4.74 Å². The number of hydrogen-bond acceptors (Lipinski definition) is 3. The molecule has 3 heteroatoms. The van der Waals surface area contributed by atoms with Gasteiger partial charge in [0, 0.05) is 31.8 Å². The number of nitrogens with two attached hydrogens (primary N) is 1. The maximum Gasteiger partial charge on any atom is 0.0674 e. The first kappa shape index (κ1) is 14.3. The molecular weight excluding hydrogens is 224 g/mol. The second kappa shape index (κ2) is 6.88. The van der Waals surface area contributed by atoms with E-state index in [1.54, 1.807) is 0 Å². The highest BCUT2D eigenvalue weighted by Crippen LogP contribution is 2.32. The monoisotopic (exact) mass is 254 g/mol. The molecule has 1 unspecified atom stereocenters. The Kier molecular flexibility index (Phi) is 5.46. The summed E-state index contributed by atoms with van der Waals surface area (Å²) in [7, 11) is 0. The van der Waals surface area contributed by atoms with Crippen LogP contribution in [0.25, 0.3) is 0 Å². The molecule has 1 heterocycles. The van der Waals surface area contributed by atoms with Crippen LogP contribution in [0, 0.1) is 0 Å². The van der Waals surface area contributed by atoms with Gasteiger partial charge in [-0.15, -0.1) is 0 Å². The number of nitrogens with zero attached hydrogens (tertiary/aromatic N) is 1. The molecule has 2 aliphatic rings. The van der Waals surface area contributed by atoms with Crippen LogP contribution in [0.4, 0.5) is 0 Å². The summed E-state index contributed by atoms with van der Waals surface area (Å²) in [5.74, 6) is 0. The van der Waals surface area contributed by atoms with E-state index in [0.29, 0.717) is 6.10 Å². The van der Waals surface area contributed by atoms with Crippen molar-refractivity contribution in [2.45, 2.75) is 69.9 Å². The number of hydrogen-bond donors (Lipinski definition) is 1. The Morgan fingerprint density at radius 3 is 2.44 bits per heavy atom. The first-order valence-corrected chi connectivity index (χ1v) is 7.83. The van der Waals surface area contributed by atoms with Gasteiger partial charge >= 0.3 is 0 Å². The van der Waals surface area contributed by atoms with Crippen LogP contribution in [0.2, 0.25) is 0 Å². The van der Waals surface area contributed by atoms with Gasteiger partial charge in [-0.05, 0) is 26.2 Å². The summed E-state index contributed by atoms with van der Waals surface area (Å²) < 4.78 is 5.79. The second-order valence-corrected chi connectivity index (χ2v) is 6.18. The molecule has 1 aliphatic carbocycles. The Balaban J connectivity index is 2.07. The van der Waals surface area contributed by atoms with E-state index in [0.717, 1.165) is 26.1 Å². The smallest absolute Gasteiger partial charge is 0.0674 e. The molecule has 0 aromatic carbocycles. The third-order valence-electron chi connectivity index (χ3n) is 4.79. The molecule has 2 rings (SSSR count). The minimum Gasteiger partial charge on any atom is -0.377 e. The maximum atomic E-state index is 6.20. The van der Waals surface area contributed by atoms with Crippen molar-refractivity contribution in [2.24, 2.45) is 5.73 Å². The van der Waals surface area contributed by atoms with E-state index >= 15 is 0 Å². The van der Waals surface area contributed by atoms with E-state index in [2.05, 4.69) is 11.8 Å². The third-order valence-corrected chi connectivity index (χ3v) is 4.79. The lowest BCUT2D eigenvalue weighted by Crippen LogP contribution is -2.55. The molecule has 1 aliphatic heterocycles. The molecule has 0 spiro atoms. The van der Waals surface area contributed by atoms with E-state index in [1.165, 1.54) is 51.5 Å². The SMILES string of the molecule is CC1CN(C2(CN)CCCCCCC2)CCCO1. The van der Waals surface area contributed by atoms with E-state index in [-0.39, 0.29) is 5.54 Å². The van der Waals surface area contributed by atoms with E-state index in [1.807, 2.05) is 0 Å². The molecule has 18 heavy (non-hydrogen) atoms. The Morgan fingerprint density at radius 1 is 1.11 bits per heavy atom. The summed E-state index contributed by atoms with van der Waals surface area (Å²) in [4.78, 5) is 2.66. The Morgan fingerprint density at radius 2 is 1.78 bits per heavy atom. The van der Waals surface area contributed by atoms with Crippen molar-refractivity contribution in [3.05, 3.63) is 0 Å². The minimum absolute atomic E-state index is 0.266. The van der Waals surface area contributed by atoms with Crippen molar-refractivity contribution in [1.29, 1.82) is 0 Å². The summed E-state index contributed by atoms with van der Waals surface area (Å²) in [6.45, 7) is 6.17. The topological polar surface area (TPSA) is 38.5 Å². The molecule has 2 N–H and O–H groups in total. The van der Waals surface area contributed by atoms with Crippen molar-refractivity contribution >= 4 is 0 Å². The Bertz CT molecular complexity index is 237. The van der Waals surface area contributed by atoms with Crippen molar-refractivity contribution in [2.75, 3.05) is 26.2 Å². The van der Waals surface area contributed by atoms with Crippen LogP contribution in [0.5, 0.6) is 0 Å². The molecule has 0 aromatic rings. The summed E-state index contributed by atoms with van der Waals surface area (Å²) in [6, 6.07) is 0. The molecule has 106 valence electrons. The maximum absolute atomic E-state index is 6.20. The van der Waals surface area contributed by atoms with Gasteiger partial charge < -0.3 is 10.5 Å². The highest BCUT2D eigenvalue weighted by atomic mass is 16.5. The van der Waals surface area contributed by atoms with Gasteiger partial charge in [-0.2, -0.15) is 0 Å². The molecular formula is C15H30N2O. The summed E-state index contributed by atoms with van der Waals surface area (Å²) in [5, 5.41) is 0. The van der Waals surface area contributed by atoms with Gasteiger partial charge in [-0.25, -0.2) is 0 Å². The molecule has 3 nitrogen and oxygen atoms in total. The average Bonchev–Trinajstić information content (AvgIpc) is 2.55. The van der Waals surface area contributed by atoms with Gasteiger partial charge in [-0.3, -0.25) is 4.90 Å². The van der Waals surface area contributed by atoms with Crippen LogP contribution in [0.1, 0.15) is 58.3 Å². The molecule has 1 saturated carbocycles. The predicted octanol–water partition coefficient (Wildman–Crippen LogP) is 2.54. The summed E-state index contributed by atoms with van der Waals surface area (Å²) in [5.41, 5.74) is 6.47. The van der Waals surface area contributed by atoms with Gasteiger partial charge in [0.1, 0.15) is 0 Å². The fraction of sp³-hybridized carbons (Fsp3) is 1.00. The molecule has 1 saturated heterocycles. The average molecular weight is 254 g/mol. The van der Waals surface area contributed by atoms with Gasteiger partial charge in [0.15, 0.2) is 0 Å². The first-order valence-electron chi connectivity index (χ1n) is 7.83. The quantitative estimate of drug-likeness (QED) is 0.823. The highest BCUT2D eigenvalue weighted by Gasteiger charge is 2.36. The van der Waals surface area contributed by atoms with E-state index in [4.69, 9.17) is 10.5 Å². The second-order valence-electron chi connectivity index (χ2n) is 6.18. The fourth-order valence-corrected chi connectivity index (χ4v) is 3.64. The van der Waals surface area contributed by atoms with Crippen molar-refractivity contribution < 1.29 is 4.74 Å². The predicted molar refractivity (Wildman–Crippen MR) is 75.7 cm³/mol. The van der Waals surface area contributed by atoms with Crippen LogP contribution in [-0.4, -0.2) is 42.8 Å². The molecule has 0 radical (unpaired) electrons. The zero-order chi connectivity index (χ0) is 12.8.